The van der Waals surface area contributed by atoms with E-state index in [4.69, 9.17) is 16.3 Å². The van der Waals surface area contributed by atoms with Crippen LogP contribution in [0.3, 0.4) is 0 Å². The number of carbonyl (C=O) groups excluding carboxylic acids is 1. The van der Waals surface area contributed by atoms with Crippen molar-refractivity contribution in [2.24, 2.45) is 5.92 Å². The minimum Gasteiger partial charge on any atom is -0.381 e. The molecule has 0 saturated carbocycles. The number of para-hydroxylation sites is 1. The summed E-state index contributed by atoms with van der Waals surface area (Å²) in [7, 11) is 0. The Hall–Kier alpha value is -1.65. The van der Waals surface area contributed by atoms with E-state index in [9.17, 15) is 4.79 Å². The SMILES string of the molecule is CCOCC1CCN(C(=O)c2cc3cccc(C)c3nc2Cl)C1. The van der Waals surface area contributed by atoms with Gasteiger partial charge in [0.05, 0.1) is 17.7 Å². The molecule has 1 aromatic carbocycles. The van der Waals surface area contributed by atoms with Crippen LogP contribution in [0.25, 0.3) is 10.9 Å². The predicted molar refractivity (Wildman–Crippen MR) is 92.0 cm³/mol. The van der Waals surface area contributed by atoms with Crippen LogP contribution in [-0.2, 0) is 4.74 Å². The van der Waals surface area contributed by atoms with E-state index >= 15 is 0 Å². The molecule has 1 atom stereocenters. The number of hydrogen-bond donors (Lipinski definition) is 0. The quantitative estimate of drug-likeness (QED) is 0.802. The highest BCUT2D eigenvalue weighted by atomic mass is 35.5. The van der Waals surface area contributed by atoms with E-state index < -0.39 is 0 Å². The zero-order chi connectivity index (χ0) is 16.4. The van der Waals surface area contributed by atoms with Gasteiger partial charge in [-0.2, -0.15) is 0 Å². The maximum atomic E-state index is 12.8. The first-order valence-corrected chi connectivity index (χ1v) is 8.40. The fourth-order valence-corrected chi connectivity index (χ4v) is 3.30. The van der Waals surface area contributed by atoms with Gasteiger partial charge < -0.3 is 9.64 Å². The highest BCUT2D eigenvalue weighted by Crippen LogP contribution is 2.26. The standard InChI is InChI=1S/C18H21ClN2O2/c1-3-23-11-13-7-8-21(10-13)18(22)15-9-14-6-4-5-12(2)16(14)20-17(15)19/h4-6,9,13H,3,7-8,10-11H2,1-2H3. The van der Waals surface area contributed by atoms with Crippen molar-refractivity contribution < 1.29 is 9.53 Å². The Labute approximate surface area is 141 Å². The molecule has 1 aliphatic heterocycles. The third kappa shape index (κ3) is 3.33. The number of benzene rings is 1. The summed E-state index contributed by atoms with van der Waals surface area (Å²) in [6, 6.07) is 7.78. The number of pyridine rings is 1. The molecular formula is C18H21ClN2O2. The number of ether oxygens (including phenoxy) is 1. The lowest BCUT2D eigenvalue weighted by atomic mass is 10.1. The lowest BCUT2D eigenvalue weighted by Crippen LogP contribution is -2.29. The van der Waals surface area contributed by atoms with Crippen molar-refractivity contribution in [2.45, 2.75) is 20.3 Å². The van der Waals surface area contributed by atoms with E-state index in [0.29, 0.717) is 24.7 Å². The molecule has 1 saturated heterocycles. The van der Waals surface area contributed by atoms with Gasteiger partial charge in [-0.15, -0.1) is 0 Å². The first-order valence-electron chi connectivity index (χ1n) is 8.03. The summed E-state index contributed by atoms with van der Waals surface area (Å²) in [6.07, 6.45) is 0.976. The van der Waals surface area contributed by atoms with Crippen LogP contribution >= 0.6 is 11.6 Å². The van der Waals surface area contributed by atoms with Gasteiger partial charge in [-0.3, -0.25) is 4.79 Å². The van der Waals surface area contributed by atoms with Crippen LogP contribution < -0.4 is 0 Å². The van der Waals surface area contributed by atoms with E-state index in [1.54, 1.807) is 0 Å². The second-order valence-electron chi connectivity index (χ2n) is 6.04. The average molecular weight is 333 g/mol. The molecule has 1 aliphatic rings. The largest absolute Gasteiger partial charge is 0.381 e. The van der Waals surface area contributed by atoms with E-state index in [2.05, 4.69) is 4.98 Å². The number of hydrogen-bond acceptors (Lipinski definition) is 3. The van der Waals surface area contributed by atoms with Gasteiger partial charge in [0, 0.05) is 31.0 Å². The van der Waals surface area contributed by atoms with E-state index in [1.807, 2.05) is 43.0 Å². The molecule has 3 rings (SSSR count). The summed E-state index contributed by atoms with van der Waals surface area (Å²) in [4.78, 5) is 19.1. The van der Waals surface area contributed by atoms with Gasteiger partial charge in [-0.05, 0) is 31.9 Å². The molecule has 0 aliphatic carbocycles. The smallest absolute Gasteiger partial charge is 0.257 e. The lowest BCUT2D eigenvalue weighted by Gasteiger charge is -2.17. The molecular weight excluding hydrogens is 312 g/mol. The maximum Gasteiger partial charge on any atom is 0.257 e. The number of fused-ring (bicyclic) bond motifs is 1. The molecule has 0 N–H and O–H groups in total. The third-order valence-electron chi connectivity index (χ3n) is 4.36. The monoisotopic (exact) mass is 332 g/mol. The molecule has 5 heteroatoms. The van der Waals surface area contributed by atoms with Gasteiger partial charge in [0.15, 0.2) is 0 Å². The number of rotatable bonds is 4. The molecule has 1 amide bonds. The Morgan fingerprint density at radius 1 is 1.48 bits per heavy atom. The number of nitrogens with zero attached hydrogens (tertiary/aromatic N) is 2. The van der Waals surface area contributed by atoms with Crippen molar-refractivity contribution in [2.75, 3.05) is 26.3 Å². The van der Waals surface area contributed by atoms with Crippen LogP contribution in [0.15, 0.2) is 24.3 Å². The Morgan fingerprint density at radius 3 is 3.09 bits per heavy atom. The number of likely N-dealkylation sites (tertiary alicyclic amines) is 1. The highest BCUT2D eigenvalue weighted by Gasteiger charge is 2.28. The van der Waals surface area contributed by atoms with Crippen LogP contribution in [0, 0.1) is 12.8 Å². The second-order valence-corrected chi connectivity index (χ2v) is 6.40. The van der Waals surface area contributed by atoms with E-state index in [1.165, 1.54) is 0 Å². The van der Waals surface area contributed by atoms with E-state index in [-0.39, 0.29) is 11.1 Å². The summed E-state index contributed by atoms with van der Waals surface area (Å²) < 4.78 is 5.47. The molecule has 1 aromatic heterocycles. The number of amides is 1. The fourth-order valence-electron chi connectivity index (χ4n) is 3.08. The van der Waals surface area contributed by atoms with Gasteiger partial charge >= 0.3 is 0 Å². The molecule has 0 bridgehead atoms. The predicted octanol–water partition coefficient (Wildman–Crippen LogP) is 3.70. The zero-order valence-corrected chi connectivity index (χ0v) is 14.3. The summed E-state index contributed by atoms with van der Waals surface area (Å²) >= 11 is 6.29. The van der Waals surface area contributed by atoms with Crippen LogP contribution in [0.5, 0.6) is 0 Å². The molecule has 2 aromatic rings. The average Bonchev–Trinajstić information content (AvgIpc) is 3.01. The minimum atomic E-state index is -0.0371. The van der Waals surface area contributed by atoms with Crippen LogP contribution in [-0.4, -0.2) is 42.1 Å². The van der Waals surface area contributed by atoms with Crippen LogP contribution in [0.1, 0.15) is 29.3 Å². The summed E-state index contributed by atoms with van der Waals surface area (Å²) in [5.41, 5.74) is 2.40. The van der Waals surface area contributed by atoms with Gasteiger partial charge in [0.2, 0.25) is 0 Å². The molecule has 1 fully saturated rings. The maximum absolute atomic E-state index is 12.8. The third-order valence-corrected chi connectivity index (χ3v) is 4.65. The minimum absolute atomic E-state index is 0.0371. The topological polar surface area (TPSA) is 42.4 Å². The van der Waals surface area contributed by atoms with Gasteiger partial charge in [-0.1, -0.05) is 29.8 Å². The molecule has 23 heavy (non-hydrogen) atoms. The summed E-state index contributed by atoms with van der Waals surface area (Å²) in [5.74, 6) is 0.373. The normalized spacial score (nSPS) is 17.9. The number of carbonyl (C=O) groups is 1. The van der Waals surface area contributed by atoms with E-state index in [0.717, 1.165) is 36.0 Å². The Bertz CT molecular complexity index is 732. The Kier molecular flexibility index (Phi) is 4.83. The summed E-state index contributed by atoms with van der Waals surface area (Å²) in [6.45, 7) is 6.87. The molecule has 4 nitrogen and oxygen atoms in total. The van der Waals surface area contributed by atoms with Crippen LogP contribution in [0.4, 0.5) is 0 Å². The zero-order valence-electron chi connectivity index (χ0n) is 13.5. The van der Waals surface area contributed by atoms with Gasteiger partial charge in [0.25, 0.3) is 5.91 Å². The Morgan fingerprint density at radius 2 is 2.30 bits per heavy atom. The number of aromatic nitrogens is 1. The lowest BCUT2D eigenvalue weighted by molar-refractivity contribution is 0.0763. The Balaban J connectivity index is 1.83. The second kappa shape index (κ2) is 6.85. The van der Waals surface area contributed by atoms with Gasteiger partial charge in [0.1, 0.15) is 5.15 Å². The molecule has 0 radical (unpaired) electrons. The van der Waals surface area contributed by atoms with Crippen molar-refractivity contribution in [1.29, 1.82) is 0 Å². The molecule has 0 spiro atoms. The fraction of sp³-hybridized carbons (Fsp3) is 0.444. The number of halogens is 1. The van der Waals surface area contributed by atoms with Crippen LogP contribution in [0.2, 0.25) is 5.15 Å². The molecule has 2 heterocycles. The molecule has 122 valence electrons. The van der Waals surface area contributed by atoms with Crippen molar-refractivity contribution in [3.8, 4) is 0 Å². The van der Waals surface area contributed by atoms with Crippen molar-refractivity contribution in [3.63, 3.8) is 0 Å². The van der Waals surface area contributed by atoms with Gasteiger partial charge in [-0.25, -0.2) is 4.98 Å². The molecule has 1 unspecified atom stereocenters. The van der Waals surface area contributed by atoms with Crippen molar-refractivity contribution in [3.05, 3.63) is 40.5 Å². The highest BCUT2D eigenvalue weighted by molar-refractivity contribution is 6.33. The number of aryl methyl sites for hydroxylation is 1. The van der Waals surface area contributed by atoms with Crippen molar-refractivity contribution in [1.82, 2.24) is 9.88 Å². The van der Waals surface area contributed by atoms with Crippen molar-refractivity contribution >= 4 is 28.4 Å². The summed E-state index contributed by atoms with van der Waals surface area (Å²) in [5, 5.41) is 1.23. The first kappa shape index (κ1) is 16.2. The first-order chi connectivity index (χ1) is 11.1.